The lowest BCUT2D eigenvalue weighted by Gasteiger charge is -2.08. The summed E-state index contributed by atoms with van der Waals surface area (Å²) in [5.74, 6) is -0.366. The van der Waals surface area contributed by atoms with Crippen LogP contribution in [0.5, 0.6) is 0 Å². The van der Waals surface area contributed by atoms with Gasteiger partial charge in [-0.1, -0.05) is 6.92 Å². The molecule has 2 heterocycles. The Labute approximate surface area is 152 Å². The van der Waals surface area contributed by atoms with E-state index in [4.69, 9.17) is 0 Å². The van der Waals surface area contributed by atoms with E-state index in [2.05, 4.69) is 26.2 Å². The van der Waals surface area contributed by atoms with E-state index in [0.29, 0.717) is 33.6 Å². The molecule has 0 aliphatic heterocycles. The van der Waals surface area contributed by atoms with Crippen molar-refractivity contribution < 1.29 is 9.72 Å². The highest BCUT2D eigenvalue weighted by Gasteiger charge is 2.20. The number of benzene rings is 1. The maximum Gasteiger partial charge on any atom is 0.274 e. The predicted octanol–water partition coefficient (Wildman–Crippen LogP) is 4.13. The average Bonchev–Trinajstić information content (AvgIpc) is 2.94. The molecule has 0 unspecified atom stereocenters. The molecule has 0 fully saturated rings. The Bertz CT molecular complexity index is 997. The number of fused-ring (bicyclic) bond motifs is 1. The first-order valence-corrected chi connectivity index (χ1v) is 8.43. The molecule has 0 saturated carbocycles. The summed E-state index contributed by atoms with van der Waals surface area (Å²) >= 11 is 3.31. The molecule has 1 amide bonds. The van der Waals surface area contributed by atoms with E-state index in [1.807, 2.05) is 26.0 Å². The Morgan fingerprint density at radius 3 is 2.80 bits per heavy atom. The van der Waals surface area contributed by atoms with Crippen LogP contribution < -0.4 is 5.32 Å². The van der Waals surface area contributed by atoms with Gasteiger partial charge < -0.3 is 5.32 Å². The van der Waals surface area contributed by atoms with Crippen molar-refractivity contribution in [2.75, 3.05) is 5.32 Å². The summed E-state index contributed by atoms with van der Waals surface area (Å²) in [4.78, 5) is 27.8. The minimum absolute atomic E-state index is 0.0945. The third-order valence-electron chi connectivity index (χ3n) is 3.81. The number of amides is 1. The molecule has 7 nitrogen and oxygen atoms in total. The second kappa shape index (κ2) is 6.64. The van der Waals surface area contributed by atoms with Crippen molar-refractivity contribution in [3.8, 4) is 0 Å². The lowest BCUT2D eigenvalue weighted by atomic mass is 10.2. The lowest BCUT2D eigenvalue weighted by Crippen LogP contribution is -2.16. The van der Waals surface area contributed by atoms with Crippen LogP contribution in [0, 0.1) is 17.0 Å². The van der Waals surface area contributed by atoms with Crippen LogP contribution in [-0.4, -0.2) is 20.2 Å². The highest BCUT2D eigenvalue weighted by molar-refractivity contribution is 9.10. The normalized spacial score (nSPS) is 10.8. The molecule has 0 aliphatic carbocycles. The number of aryl methyl sites for hydroxylation is 2. The largest absolute Gasteiger partial charge is 0.319 e. The fourth-order valence-electron chi connectivity index (χ4n) is 2.59. The van der Waals surface area contributed by atoms with Gasteiger partial charge in [-0.05, 0) is 53.0 Å². The van der Waals surface area contributed by atoms with Crippen LogP contribution in [0.1, 0.15) is 28.7 Å². The number of carbonyl (C=O) groups is 1. The molecular formula is C17H15BrN4O3. The topological polar surface area (TPSA) is 89.5 Å². The number of hydrogen-bond acceptors (Lipinski definition) is 4. The number of hydrogen-bond donors (Lipinski definition) is 1. The second-order valence-electron chi connectivity index (χ2n) is 5.57. The van der Waals surface area contributed by atoms with E-state index >= 15 is 0 Å². The fraction of sp³-hybridized carbons (Fsp3) is 0.176. The van der Waals surface area contributed by atoms with E-state index in [9.17, 15) is 14.9 Å². The summed E-state index contributed by atoms with van der Waals surface area (Å²) in [6, 6.07) is 8.02. The van der Waals surface area contributed by atoms with Crippen molar-refractivity contribution in [3.05, 3.63) is 68.1 Å². The summed E-state index contributed by atoms with van der Waals surface area (Å²) in [6.07, 6.45) is 2.40. The number of aromatic nitrogens is 2. The van der Waals surface area contributed by atoms with Gasteiger partial charge in [0.1, 0.15) is 11.3 Å². The monoisotopic (exact) mass is 402 g/mol. The zero-order valence-corrected chi connectivity index (χ0v) is 15.2. The van der Waals surface area contributed by atoms with Gasteiger partial charge in [0.25, 0.3) is 11.6 Å². The highest BCUT2D eigenvalue weighted by atomic mass is 79.9. The average molecular weight is 403 g/mol. The molecule has 0 saturated heterocycles. The SMILES string of the molecule is CCc1nc2cc(C)ccn2c1C(=O)Nc1cc([N+](=O)[O-])ccc1Br. The van der Waals surface area contributed by atoms with Gasteiger partial charge in [0.05, 0.1) is 16.3 Å². The van der Waals surface area contributed by atoms with Crippen molar-refractivity contribution in [2.24, 2.45) is 0 Å². The minimum Gasteiger partial charge on any atom is -0.319 e. The van der Waals surface area contributed by atoms with E-state index in [1.54, 1.807) is 10.6 Å². The number of nitrogens with zero attached hydrogens (tertiary/aromatic N) is 3. The van der Waals surface area contributed by atoms with Crippen molar-refractivity contribution in [2.45, 2.75) is 20.3 Å². The molecule has 8 heteroatoms. The van der Waals surface area contributed by atoms with E-state index in [1.165, 1.54) is 18.2 Å². The maximum atomic E-state index is 12.8. The molecule has 0 radical (unpaired) electrons. The molecule has 0 spiro atoms. The van der Waals surface area contributed by atoms with E-state index in [-0.39, 0.29) is 11.6 Å². The van der Waals surface area contributed by atoms with Crippen LogP contribution in [0.15, 0.2) is 41.0 Å². The summed E-state index contributed by atoms with van der Waals surface area (Å²) in [6.45, 7) is 3.88. The zero-order valence-electron chi connectivity index (χ0n) is 13.6. The Morgan fingerprint density at radius 1 is 1.36 bits per heavy atom. The van der Waals surface area contributed by atoms with Crippen molar-refractivity contribution >= 4 is 38.9 Å². The van der Waals surface area contributed by atoms with E-state index in [0.717, 1.165) is 5.56 Å². The number of rotatable bonds is 4. The number of non-ortho nitro benzene ring substituents is 1. The maximum absolute atomic E-state index is 12.8. The standard InChI is InChI=1S/C17H15BrN4O3/c1-3-13-16(21-7-6-10(2)8-15(21)19-13)17(23)20-14-9-11(22(24)25)4-5-12(14)18/h4-9H,3H2,1-2H3,(H,20,23). The Hall–Kier alpha value is -2.74. The predicted molar refractivity (Wildman–Crippen MR) is 98.1 cm³/mol. The second-order valence-corrected chi connectivity index (χ2v) is 6.42. The summed E-state index contributed by atoms with van der Waals surface area (Å²) < 4.78 is 2.29. The number of anilines is 1. The minimum atomic E-state index is -0.503. The van der Waals surface area contributed by atoms with Gasteiger partial charge in [-0.25, -0.2) is 4.98 Å². The first kappa shape index (κ1) is 17.1. The summed E-state index contributed by atoms with van der Waals surface area (Å²) in [7, 11) is 0. The molecule has 1 aromatic carbocycles. The Balaban J connectivity index is 2.03. The number of imidazole rings is 1. The number of pyridine rings is 1. The van der Waals surface area contributed by atoms with Crippen LogP contribution in [0.3, 0.4) is 0 Å². The molecule has 0 atom stereocenters. The van der Waals surface area contributed by atoms with Gasteiger partial charge in [0, 0.05) is 22.8 Å². The van der Waals surface area contributed by atoms with Crippen LogP contribution in [0.2, 0.25) is 0 Å². The van der Waals surface area contributed by atoms with Crippen LogP contribution >= 0.6 is 15.9 Å². The highest BCUT2D eigenvalue weighted by Crippen LogP contribution is 2.28. The summed E-state index contributed by atoms with van der Waals surface area (Å²) in [5.41, 5.74) is 3.08. The van der Waals surface area contributed by atoms with Crippen molar-refractivity contribution in [1.82, 2.24) is 9.38 Å². The Morgan fingerprint density at radius 2 is 2.12 bits per heavy atom. The quantitative estimate of drug-likeness (QED) is 0.524. The molecular weight excluding hydrogens is 388 g/mol. The third-order valence-corrected chi connectivity index (χ3v) is 4.50. The van der Waals surface area contributed by atoms with Gasteiger partial charge >= 0.3 is 0 Å². The van der Waals surface area contributed by atoms with Gasteiger partial charge in [0.2, 0.25) is 0 Å². The number of nitrogens with one attached hydrogen (secondary N) is 1. The molecule has 128 valence electrons. The van der Waals surface area contributed by atoms with Gasteiger partial charge in [-0.2, -0.15) is 0 Å². The zero-order chi connectivity index (χ0) is 18.1. The van der Waals surface area contributed by atoms with Crippen LogP contribution in [0.4, 0.5) is 11.4 Å². The van der Waals surface area contributed by atoms with E-state index < -0.39 is 4.92 Å². The van der Waals surface area contributed by atoms with Gasteiger partial charge in [-0.3, -0.25) is 19.3 Å². The molecule has 0 aliphatic rings. The van der Waals surface area contributed by atoms with Crippen molar-refractivity contribution in [1.29, 1.82) is 0 Å². The van der Waals surface area contributed by atoms with Crippen LogP contribution in [0.25, 0.3) is 5.65 Å². The molecule has 2 aromatic heterocycles. The third kappa shape index (κ3) is 3.25. The molecule has 0 bridgehead atoms. The molecule has 3 aromatic rings. The number of nitro benzene ring substituents is 1. The molecule has 3 rings (SSSR count). The van der Waals surface area contributed by atoms with Gasteiger partial charge in [-0.15, -0.1) is 0 Å². The Kier molecular flexibility index (Phi) is 4.54. The smallest absolute Gasteiger partial charge is 0.274 e. The molecule has 1 N–H and O–H groups in total. The van der Waals surface area contributed by atoms with Crippen molar-refractivity contribution in [3.63, 3.8) is 0 Å². The lowest BCUT2D eigenvalue weighted by molar-refractivity contribution is -0.384. The first-order chi connectivity index (χ1) is 11.9. The molecule has 25 heavy (non-hydrogen) atoms. The fourth-order valence-corrected chi connectivity index (χ4v) is 2.93. The van der Waals surface area contributed by atoms with Crippen LogP contribution in [-0.2, 0) is 6.42 Å². The number of nitro groups is 1. The van der Waals surface area contributed by atoms with Gasteiger partial charge in [0.15, 0.2) is 0 Å². The first-order valence-electron chi connectivity index (χ1n) is 7.63. The number of halogens is 1. The number of carbonyl (C=O) groups excluding carboxylic acids is 1. The summed E-state index contributed by atoms with van der Waals surface area (Å²) in [5, 5.41) is 13.7.